The number of benzene rings is 1. The summed E-state index contributed by atoms with van der Waals surface area (Å²) in [6, 6.07) is 7.71. The van der Waals surface area contributed by atoms with Crippen molar-refractivity contribution in [3.63, 3.8) is 0 Å². The van der Waals surface area contributed by atoms with Crippen LogP contribution in [0.1, 0.15) is 4.88 Å². The number of hydrogen-bond acceptors (Lipinski definition) is 4. The molecule has 112 valence electrons. The van der Waals surface area contributed by atoms with Gasteiger partial charge in [-0.25, -0.2) is 0 Å². The Morgan fingerprint density at radius 1 is 1.19 bits per heavy atom. The van der Waals surface area contributed by atoms with Crippen molar-refractivity contribution in [1.29, 1.82) is 0 Å². The van der Waals surface area contributed by atoms with Crippen LogP contribution in [0.5, 0.6) is 5.75 Å². The molecule has 1 aromatic carbocycles. The van der Waals surface area contributed by atoms with E-state index in [9.17, 15) is 4.79 Å². The SMILES string of the molecule is COc1ccc2c(=O)[nH]c3sc(CN(C)C)cc3c2c1.Cl. The summed E-state index contributed by atoms with van der Waals surface area (Å²) in [4.78, 5) is 19.4. The molecule has 0 saturated carbocycles. The molecule has 0 aliphatic heterocycles. The predicted octanol–water partition coefficient (Wildman–Crippen LogP) is 3.23. The van der Waals surface area contributed by atoms with E-state index in [1.54, 1.807) is 18.4 Å². The van der Waals surface area contributed by atoms with Crippen LogP contribution in [0.4, 0.5) is 0 Å². The van der Waals surface area contributed by atoms with Crippen LogP contribution in [0.3, 0.4) is 0 Å². The van der Waals surface area contributed by atoms with Crippen LogP contribution in [0.25, 0.3) is 21.0 Å². The zero-order chi connectivity index (χ0) is 14.3. The molecule has 2 aromatic heterocycles. The molecule has 0 amide bonds. The Morgan fingerprint density at radius 3 is 2.62 bits per heavy atom. The molecule has 0 unspecified atom stereocenters. The first kappa shape index (κ1) is 15.8. The van der Waals surface area contributed by atoms with Crippen LogP contribution in [-0.4, -0.2) is 31.1 Å². The molecule has 0 atom stereocenters. The van der Waals surface area contributed by atoms with Crippen molar-refractivity contribution in [1.82, 2.24) is 9.88 Å². The lowest BCUT2D eigenvalue weighted by molar-refractivity contribution is 0.406. The van der Waals surface area contributed by atoms with Crippen molar-refractivity contribution in [2.45, 2.75) is 6.54 Å². The van der Waals surface area contributed by atoms with Gasteiger partial charge in [-0.2, -0.15) is 0 Å². The summed E-state index contributed by atoms with van der Waals surface area (Å²) < 4.78 is 5.27. The summed E-state index contributed by atoms with van der Waals surface area (Å²) in [5, 5.41) is 2.73. The van der Waals surface area contributed by atoms with Gasteiger partial charge in [0, 0.05) is 27.6 Å². The van der Waals surface area contributed by atoms with E-state index >= 15 is 0 Å². The van der Waals surface area contributed by atoms with Gasteiger partial charge >= 0.3 is 0 Å². The minimum atomic E-state index is -0.0478. The molecule has 0 fully saturated rings. The lowest BCUT2D eigenvalue weighted by Crippen LogP contribution is -2.09. The topological polar surface area (TPSA) is 45.3 Å². The number of fused-ring (bicyclic) bond motifs is 3. The van der Waals surface area contributed by atoms with E-state index in [0.29, 0.717) is 5.39 Å². The Kier molecular flexibility index (Phi) is 4.56. The number of hydrogen-bond donors (Lipinski definition) is 1. The quantitative estimate of drug-likeness (QED) is 0.804. The fourth-order valence-electron chi connectivity index (χ4n) is 2.37. The van der Waals surface area contributed by atoms with Gasteiger partial charge in [-0.05, 0) is 38.4 Å². The predicted molar refractivity (Wildman–Crippen MR) is 91.1 cm³/mol. The van der Waals surface area contributed by atoms with E-state index in [1.165, 1.54) is 4.88 Å². The van der Waals surface area contributed by atoms with E-state index in [0.717, 1.165) is 27.9 Å². The third-order valence-corrected chi connectivity index (χ3v) is 4.28. The van der Waals surface area contributed by atoms with Gasteiger partial charge in [0.1, 0.15) is 10.6 Å². The Labute approximate surface area is 132 Å². The average molecular weight is 325 g/mol. The molecule has 0 spiro atoms. The van der Waals surface area contributed by atoms with Crippen molar-refractivity contribution in [2.75, 3.05) is 21.2 Å². The number of pyridine rings is 1. The van der Waals surface area contributed by atoms with Crippen molar-refractivity contribution in [3.05, 3.63) is 39.5 Å². The van der Waals surface area contributed by atoms with Crippen molar-refractivity contribution >= 4 is 44.7 Å². The van der Waals surface area contributed by atoms with Crippen LogP contribution in [0.15, 0.2) is 29.1 Å². The number of nitrogens with zero attached hydrogens (tertiary/aromatic N) is 1. The second kappa shape index (κ2) is 6.05. The molecule has 3 rings (SSSR count). The largest absolute Gasteiger partial charge is 0.497 e. The van der Waals surface area contributed by atoms with Crippen LogP contribution >= 0.6 is 23.7 Å². The third kappa shape index (κ3) is 2.90. The smallest absolute Gasteiger partial charge is 0.256 e. The lowest BCUT2D eigenvalue weighted by Gasteiger charge is -2.05. The highest BCUT2D eigenvalue weighted by Crippen LogP contribution is 2.31. The normalized spacial score (nSPS) is 11.0. The van der Waals surface area contributed by atoms with Crippen LogP contribution < -0.4 is 10.3 Å². The maximum atomic E-state index is 12.1. The van der Waals surface area contributed by atoms with E-state index in [-0.39, 0.29) is 18.0 Å². The first-order valence-corrected chi connectivity index (χ1v) is 7.17. The summed E-state index contributed by atoms with van der Waals surface area (Å²) in [6.07, 6.45) is 0. The summed E-state index contributed by atoms with van der Waals surface area (Å²) in [5.74, 6) is 0.768. The highest BCUT2D eigenvalue weighted by molar-refractivity contribution is 7.18. The summed E-state index contributed by atoms with van der Waals surface area (Å²) >= 11 is 1.63. The Bertz CT molecular complexity index is 839. The fraction of sp³-hybridized carbons (Fsp3) is 0.267. The van der Waals surface area contributed by atoms with Crippen LogP contribution in [0, 0.1) is 0 Å². The first-order valence-electron chi connectivity index (χ1n) is 6.35. The monoisotopic (exact) mass is 324 g/mol. The first-order chi connectivity index (χ1) is 9.58. The molecule has 0 aliphatic carbocycles. The van der Waals surface area contributed by atoms with Crippen LogP contribution in [0.2, 0.25) is 0 Å². The van der Waals surface area contributed by atoms with Crippen molar-refractivity contribution in [3.8, 4) is 5.75 Å². The molecule has 0 radical (unpaired) electrons. The van der Waals surface area contributed by atoms with Gasteiger partial charge in [0.2, 0.25) is 0 Å². The Morgan fingerprint density at radius 2 is 1.95 bits per heavy atom. The minimum absolute atomic E-state index is 0. The molecule has 4 nitrogen and oxygen atoms in total. The maximum Gasteiger partial charge on any atom is 0.256 e. The molecule has 2 heterocycles. The average Bonchev–Trinajstić information content (AvgIpc) is 2.80. The van der Waals surface area contributed by atoms with Crippen LogP contribution in [-0.2, 0) is 6.54 Å². The van der Waals surface area contributed by atoms with E-state index in [2.05, 4.69) is 16.0 Å². The van der Waals surface area contributed by atoms with Gasteiger partial charge < -0.3 is 14.6 Å². The minimum Gasteiger partial charge on any atom is -0.497 e. The summed E-state index contributed by atoms with van der Waals surface area (Å²) in [6.45, 7) is 0.868. The fourth-order valence-corrected chi connectivity index (χ4v) is 3.55. The van der Waals surface area contributed by atoms with Gasteiger partial charge in [0.25, 0.3) is 5.56 Å². The third-order valence-electron chi connectivity index (χ3n) is 3.24. The molecular weight excluding hydrogens is 308 g/mol. The van der Waals surface area contributed by atoms with Crippen molar-refractivity contribution < 1.29 is 4.74 Å². The molecule has 0 bridgehead atoms. The molecule has 21 heavy (non-hydrogen) atoms. The number of methoxy groups -OCH3 is 1. The van der Waals surface area contributed by atoms with E-state index in [4.69, 9.17) is 4.74 Å². The zero-order valence-electron chi connectivity index (χ0n) is 12.1. The highest BCUT2D eigenvalue weighted by Gasteiger charge is 2.10. The Balaban J connectivity index is 0.00000161. The highest BCUT2D eigenvalue weighted by atomic mass is 35.5. The van der Waals surface area contributed by atoms with Gasteiger partial charge in [0.05, 0.1) is 7.11 Å². The zero-order valence-corrected chi connectivity index (χ0v) is 13.7. The number of H-pyrrole nitrogens is 1. The number of halogens is 1. The number of aromatic amines is 1. The second-order valence-electron chi connectivity index (χ2n) is 5.06. The summed E-state index contributed by atoms with van der Waals surface area (Å²) in [5.41, 5.74) is -0.0478. The number of rotatable bonds is 3. The number of ether oxygens (including phenoxy) is 1. The number of nitrogens with one attached hydrogen (secondary N) is 1. The molecule has 1 N–H and O–H groups in total. The van der Waals surface area contributed by atoms with Gasteiger partial charge in [0.15, 0.2) is 0 Å². The molecule has 3 aromatic rings. The molecule has 0 saturated heterocycles. The van der Waals surface area contributed by atoms with Gasteiger partial charge in [-0.3, -0.25) is 4.79 Å². The van der Waals surface area contributed by atoms with Crippen molar-refractivity contribution in [2.24, 2.45) is 0 Å². The molecular formula is C15H17ClN2O2S. The lowest BCUT2D eigenvalue weighted by atomic mass is 10.1. The number of aromatic nitrogens is 1. The molecule has 6 heteroatoms. The maximum absolute atomic E-state index is 12.1. The molecule has 0 aliphatic rings. The summed E-state index contributed by atoms with van der Waals surface area (Å²) in [7, 11) is 5.71. The second-order valence-corrected chi connectivity index (χ2v) is 6.20. The van der Waals surface area contributed by atoms with E-state index in [1.807, 2.05) is 32.3 Å². The van der Waals surface area contributed by atoms with Gasteiger partial charge in [-0.15, -0.1) is 23.7 Å². The standard InChI is InChI=1S/C15H16N2O2S.ClH/c1-17(2)8-10-7-13-12-6-9(19-3)4-5-11(12)14(18)16-15(13)20-10;/h4-7H,8H2,1-3H3,(H,16,18);1H. The van der Waals surface area contributed by atoms with E-state index < -0.39 is 0 Å². The van der Waals surface area contributed by atoms with Gasteiger partial charge in [-0.1, -0.05) is 0 Å². The number of thiophene rings is 1. The Hall–Kier alpha value is -1.56.